The van der Waals surface area contributed by atoms with E-state index in [0.717, 1.165) is 6.07 Å². The lowest BCUT2D eigenvalue weighted by molar-refractivity contribution is -0.143. The van der Waals surface area contributed by atoms with Gasteiger partial charge >= 0.3 is 5.97 Å². The molecule has 1 aromatic carbocycles. The van der Waals surface area contributed by atoms with Gasteiger partial charge in [-0.1, -0.05) is 6.07 Å². The predicted octanol–water partition coefficient (Wildman–Crippen LogP) is 2.43. The number of hydrogen-bond acceptors (Lipinski definition) is 5. The smallest absolute Gasteiger partial charge is 0.306 e. The normalized spacial score (nSPS) is 19.2. The summed E-state index contributed by atoms with van der Waals surface area (Å²) in [5, 5.41) is 18.3. The van der Waals surface area contributed by atoms with E-state index in [0.29, 0.717) is 42.6 Å². The summed E-state index contributed by atoms with van der Waals surface area (Å²) in [5.74, 6) is -2.02. The Hall–Kier alpha value is -3.53. The number of aromatic nitrogens is 3. The second kappa shape index (κ2) is 9.31. The zero-order valence-corrected chi connectivity index (χ0v) is 17.2. The third-order valence-electron chi connectivity index (χ3n) is 5.62. The molecule has 1 amide bonds. The van der Waals surface area contributed by atoms with Crippen LogP contribution >= 0.6 is 0 Å². The summed E-state index contributed by atoms with van der Waals surface area (Å²) in [6.07, 6.45) is 3.76. The van der Waals surface area contributed by atoms with Crippen molar-refractivity contribution in [2.45, 2.75) is 31.7 Å². The van der Waals surface area contributed by atoms with E-state index in [4.69, 9.17) is 9.84 Å². The van der Waals surface area contributed by atoms with Crippen molar-refractivity contribution in [2.75, 3.05) is 13.2 Å². The fraction of sp³-hybridized carbons (Fsp3) is 0.364. The molecule has 1 fully saturated rings. The third-order valence-corrected chi connectivity index (χ3v) is 5.62. The molecule has 2 aromatic heterocycles. The van der Waals surface area contributed by atoms with Gasteiger partial charge in [-0.2, -0.15) is 4.99 Å². The average Bonchev–Trinajstić information content (AvgIpc) is 3.14. The Labute approximate surface area is 182 Å². The topological polar surface area (TPSA) is 130 Å². The van der Waals surface area contributed by atoms with E-state index in [9.17, 15) is 19.1 Å². The number of pyridine rings is 1. The van der Waals surface area contributed by atoms with Gasteiger partial charge in [-0.15, -0.1) is 0 Å². The summed E-state index contributed by atoms with van der Waals surface area (Å²) in [6.45, 7) is -0.0727. The van der Waals surface area contributed by atoms with Gasteiger partial charge in [0.1, 0.15) is 12.4 Å². The number of aliphatic carboxylic acids is 1. The number of carboxylic acids is 1. The maximum absolute atomic E-state index is 13.6. The molecule has 0 saturated heterocycles. The Bertz CT molecular complexity index is 1210. The van der Waals surface area contributed by atoms with Gasteiger partial charge < -0.3 is 24.5 Å². The molecule has 0 unspecified atom stereocenters. The number of fused-ring (bicyclic) bond motifs is 1. The Kier molecular flexibility index (Phi) is 6.31. The van der Waals surface area contributed by atoms with Gasteiger partial charge in [0.05, 0.1) is 29.8 Å². The number of amides is 1. The number of carboxylic acid groups (broad SMARTS) is 1. The molecule has 3 N–H and O–H groups in total. The Morgan fingerprint density at radius 1 is 1.25 bits per heavy atom. The molecule has 0 spiro atoms. The molecule has 9 nitrogen and oxygen atoms in total. The van der Waals surface area contributed by atoms with Gasteiger partial charge in [0.15, 0.2) is 0 Å². The number of carbonyl (C=O) groups excluding carboxylic acids is 1. The molecule has 0 radical (unpaired) electrons. The molecule has 2 heterocycles. The number of carbonyl (C=O) groups is 2. The fourth-order valence-electron chi connectivity index (χ4n) is 4.06. The lowest BCUT2D eigenvalue weighted by atomic mass is 9.86. The van der Waals surface area contributed by atoms with Crippen LogP contribution in [0, 0.1) is 11.7 Å². The number of rotatable bonds is 6. The monoisotopic (exact) mass is 442 g/mol. The van der Waals surface area contributed by atoms with E-state index in [1.165, 1.54) is 18.2 Å². The van der Waals surface area contributed by atoms with Crippen molar-refractivity contribution in [3.8, 4) is 5.88 Å². The number of halogens is 1. The van der Waals surface area contributed by atoms with Crippen molar-refractivity contribution in [1.82, 2.24) is 14.5 Å². The minimum Gasteiger partial charge on any atom is -0.481 e. The minimum atomic E-state index is -0.803. The van der Waals surface area contributed by atoms with Crippen LogP contribution in [0.15, 0.2) is 41.5 Å². The van der Waals surface area contributed by atoms with Crippen LogP contribution in [-0.4, -0.2) is 49.8 Å². The highest BCUT2D eigenvalue weighted by molar-refractivity contribution is 5.95. The lowest BCUT2D eigenvalue weighted by Crippen LogP contribution is -2.30. The standard InChI is InChI=1S/C22H23FN4O5/c23-15-3-1-2-14(10-15)20(29)26-22-25-17-12-24-19(32-9-8-28)11-18(17)27(22)16-6-4-13(5-7-16)21(30)31/h1-3,10-13,16,28H,4-9H2,(H,30,31)(H,25,26,29). The van der Waals surface area contributed by atoms with E-state index >= 15 is 0 Å². The van der Waals surface area contributed by atoms with Crippen LogP contribution in [0.1, 0.15) is 42.1 Å². The van der Waals surface area contributed by atoms with E-state index in [2.05, 4.69) is 15.0 Å². The Morgan fingerprint density at radius 3 is 2.72 bits per heavy atom. The SMILES string of the molecule is O=C(/N=c1\[nH]c2cnc(OCCO)cc2n1C1CCC(C(=O)O)CC1)c1cccc(F)c1. The number of nitrogens with one attached hydrogen (secondary N) is 1. The Morgan fingerprint density at radius 2 is 2.03 bits per heavy atom. The number of benzene rings is 1. The van der Waals surface area contributed by atoms with Crippen molar-refractivity contribution < 1.29 is 28.9 Å². The number of aromatic amines is 1. The van der Waals surface area contributed by atoms with Crippen LogP contribution in [0.4, 0.5) is 4.39 Å². The maximum atomic E-state index is 13.6. The first-order valence-corrected chi connectivity index (χ1v) is 10.4. The average molecular weight is 442 g/mol. The summed E-state index contributed by atoms with van der Waals surface area (Å²) in [7, 11) is 0. The summed E-state index contributed by atoms with van der Waals surface area (Å²) in [5.41, 5.74) is 1.70. The molecule has 4 rings (SSSR count). The number of H-pyrrole nitrogens is 1. The second-order valence-corrected chi connectivity index (χ2v) is 7.70. The summed E-state index contributed by atoms with van der Waals surface area (Å²) in [6, 6.07) is 6.91. The van der Waals surface area contributed by atoms with Gasteiger partial charge in [-0.05, 0) is 43.9 Å². The molecule has 168 valence electrons. The molecule has 10 heteroatoms. The lowest BCUT2D eigenvalue weighted by Gasteiger charge is -2.27. The Balaban J connectivity index is 1.78. The number of hydrogen-bond donors (Lipinski definition) is 3. The first-order valence-electron chi connectivity index (χ1n) is 10.4. The quantitative estimate of drug-likeness (QED) is 0.538. The molecule has 0 bridgehead atoms. The van der Waals surface area contributed by atoms with E-state index in [-0.39, 0.29) is 30.4 Å². The number of imidazole rings is 1. The highest BCUT2D eigenvalue weighted by atomic mass is 19.1. The molecule has 1 aliphatic rings. The first kappa shape index (κ1) is 21.7. The van der Waals surface area contributed by atoms with Crippen LogP contribution in [0.3, 0.4) is 0 Å². The van der Waals surface area contributed by atoms with Crippen LogP contribution < -0.4 is 10.4 Å². The van der Waals surface area contributed by atoms with Gasteiger partial charge in [-0.25, -0.2) is 9.37 Å². The van der Waals surface area contributed by atoms with E-state index in [1.807, 2.05) is 4.57 Å². The fourth-order valence-corrected chi connectivity index (χ4v) is 4.06. The highest BCUT2D eigenvalue weighted by Crippen LogP contribution is 2.33. The first-order chi connectivity index (χ1) is 15.5. The molecule has 0 atom stereocenters. The van der Waals surface area contributed by atoms with Crippen LogP contribution in [0.5, 0.6) is 5.88 Å². The van der Waals surface area contributed by atoms with Crippen LogP contribution in [0.2, 0.25) is 0 Å². The van der Waals surface area contributed by atoms with Gasteiger partial charge in [0, 0.05) is 17.7 Å². The number of aliphatic hydroxyl groups excluding tert-OH is 1. The van der Waals surface area contributed by atoms with Crippen molar-refractivity contribution in [3.05, 3.63) is 53.5 Å². The van der Waals surface area contributed by atoms with Crippen molar-refractivity contribution in [1.29, 1.82) is 0 Å². The second-order valence-electron chi connectivity index (χ2n) is 7.70. The van der Waals surface area contributed by atoms with E-state index < -0.39 is 23.6 Å². The number of nitrogens with zero attached hydrogens (tertiary/aromatic N) is 3. The zero-order chi connectivity index (χ0) is 22.7. The third kappa shape index (κ3) is 4.54. The highest BCUT2D eigenvalue weighted by Gasteiger charge is 2.28. The molecule has 1 aliphatic carbocycles. The summed E-state index contributed by atoms with van der Waals surface area (Å²) >= 11 is 0. The van der Waals surface area contributed by atoms with Gasteiger partial charge in [0.25, 0.3) is 5.91 Å². The minimum absolute atomic E-state index is 0.0853. The number of ether oxygens (including phenoxy) is 1. The molecule has 1 saturated carbocycles. The van der Waals surface area contributed by atoms with Crippen molar-refractivity contribution in [2.24, 2.45) is 10.9 Å². The predicted molar refractivity (Wildman–Crippen MR) is 112 cm³/mol. The summed E-state index contributed by atoms with van der Waals surface area (Å²) in [4.78, 5) is 35.6. The largest absolute Gasteiger partial charge is 0.481 e. The molecular formula is C22H23FN4O5. The van der Waals surface area contributed by atoms with E-state index in [1.54, 1.807) is 12.3 Å². The van der Waals surface area contributed by atoms with Crippen molar-refractivity contribution >= 4 is 22.9 Å². The number of aliphatic hydroxyl groups is 1. The molecule has 0 aliphatic heterocycles. The summed E-state index contributed by atoms with van der Waals surface area (Å²) < 4.78 is 20.8. The molecule has 3 aromatic rings. The molecular weight excluding hydrogens is 419 g/mol. The van der Waals surface area contributed by atoms with Crippen molar-refractivity contribution in [3.63, 3.8) is 0 Å². The van der Waals surface area contributed by atoms with Crippen LogP contribution in [0.25, 0.3) is 11.0 Å². The zero-order valence-electron chi connectivity index (χ0n) is 17.2. The molecule has 32 heavy (non-hydrogen) atoms. The van der Waals surface area contributed by atoms with Crippen LogP contribution in [-0.2, 0) is 4.79 Å². The maximum Gasteiger partial charge on any atom is 0.306 e. The van der Waals surface area contributed by atoms with Gasteiger partial charge in [-0.3, -0.25) is 9.59 Å². The van der Waals surface area contributed by atoms with Gasteiger partial charge in [0.2, 0.25) is 11.5 Å².